The molecule has 1 heterocycles. The van der Waals surface area contributed by atoms with E-state index in [4.69, 9.17) is 0 Å². The molecule has 0 saturated carbocycles. The summed E-state index contributed by atoms with van der Waals surface area (Å²) in [4.78, 5) is 14.6. The minimum Gasteiger partial charge on any atom is -0.292 e. The second-order valence-corrected chi connectivity index (χ2v) is 3.45. The van der Waals surface area contributed by atoms with Gasteiger partial charge in [-0.1, -0.05) is 15.9 Å². The van der Waals surface area contributed by atoms with Gasteiger partial charge in [-0.3, -0.25) is 10.1 Å². The summed E-state index contributed by atoms with van der Waals surface area (Å²) < 4.78 is 0. The molecule has 0 aliphatic heterocycles. The van der Waals surface area contributed by atoms with E-state index in [0.29, 0.717) is 0 Å². The van der Waals surface area contributed by atoms with E-state index in [1.807, 2.05) is 0 Å². The van der Waals surface area contributed by atoms with E-state index in [-0.39, 0.29) is 16.7 Å². The van der Waals surface area contributed by atoms with Gasteiger partial charge in [0.25, 0.3) is 0 Å². The first-order valence-electron chi connectivity index (χ1n) is 3.29. The highest BCUT2D eigenvalue weighted by Crippen LogP contribution is 2.00. The monoisotopic (exact) mass is 230 g/mol. The van der Waals surface area contributed by atoms with Gasteiger partial charge in [-0.25, -0.2) is 4.98 Å². The van der Waals surface area contributed by atoms with Crippen LogP contribution in [0.1, 0.15) is 6.92 Å². The Balaban J connectivity index is 2.59. The number of aromatic nitrogens is 3. The number of halogens is 1. The maximum atomic E-state index is 11.0. The quantitative estimate of drug-likeness (QED) is 0.756. The van der Waals surface area contributed by atoms with E-state index >= 15 is 0 Å². The second-order valence-electron chi connectivity index (χ2n) is 2.07. The number of nitrogens with one attached hydrogen (secondary N) is 1. The van der Waals surface area contributed by atoms with Gasteiger partial charge in [0.2, 0.25) is 11.9 Å². The topological polar surface area (TPSA) is 67.8 Å². The van der Waals surface area contributed by atoms with Crippen LogP contribution in [0.5, 0.6) is 0 Å². The van der Waals surface area contributed by atoms with E-state index in [9.17, 15) is 4.79 Å². The molecular formula is C6H7BrN4O. The minimum absolute atomic E-state index is 0.192. The van der Waals surface area contributed by atoms with Gasteiger partial charge in [0.1, 0.15) is 0 Å². The Morgan fingerprint density at radius 2 is 2.42 bits per heavy atom. The van der Waals surface area contributed by atoms with E-state index in [1.54, 1.807) is 6.92 Å². The summed E-state index contributed by atoms with van der Waals surface area (Å²) in [6.07, 6.45) is 2.90. The number of alkyl halides is 1. The molecule has 1 atom stereocenters. The molecule has 0 aliphatic rings. The lowest BCUT2D eigenvalue weighted by Gasteiger charge is -2.02. The van der Waals surface area contributed by atoms with Crippen molar-refractivity contribution in [1.82, 2.24) is 15.2 Å². The maximum Gasteiger partial charge on any atom is 0.249 e. The number of hydrogen-bond donors (Lipinski definition) is 1. The van der Waals surface area contributed by atoms with Crippen molar-refractivity contribution >= 4 is 27.8 Å². The predicted molar refractivity (Wildman–Crippen MR) is 46.8 cm³/mol. The van der Waals surface area contributed by atoms with Crippen molar-refractivity contribution in [3.05, 3.63) is 12.4 Å². The Morgan fingerprint density at radius 1 is 1.67 bits per heavy atom. The smallest absolute Gasteiger partial charge is 0.249 e. The Morgan fingerprint density at radius 3 is 2.92 bits per heavy atom. The zero-order valence-corrected chi connectivity index (χ0v) is 7.95. The van der Waals surface area contributed by atoms with Gasteiger partial charge in [-0.15, -0.1) is 5.10 Å². The van der Waals surface area contributed by atoms with Gasteiger partial charge in [0.15, 0.2) is 0 Å². The summed E-state index contributed by atoms with van der Waals surface area (Å²) in [5.41, 5.74) is 0. The molecule has 1 aromatic heterocycles. The molecule has 5 nitrogen and oxygen atoms in total. The molecule has 0 aliphatic carbocycles. The Labute approximate surface area is 77.7 Å². The van der Waals surface area contributed by atoms with E-state index in [1.165, 1.54) is 12.4 Å². The van der Waals surface area contributed by atoms with E-state index < -0.39 is 0 Å². The Kier molecular flexibility index (Phi) is 3.09. The molecular weight excluding hydrogens is 224 g/mol. The first kappa shape index (κ1) is 9.05. The largest absolute Gasteiger partial charge is 0.292 e. The van der Waals surface area contributed by atoms with E-state index in [2.05, 4.69) is 36.4 Å². The van der Waals surface area contributed by atoms with Crippen LogP contribution in [-0.4, -0.2) is 25.9 Å². The highest BCUT2D eigenvalue weighted by molar-refractivity contribution is 9.10. The third-order valence-corrected chi connectivity index (χ3v) is 1.49. The second kappa shape index (κ2) is 4.10. The normalized spacial score (nSPS) is 12.2. The molecule has 12 heavy (non-hydrogen) atoms. The van der Waals surface area contributed by atoms with Crippen molar-refractivity contribution in [2.75, 3.05) is 5.32 Å². The molecule has 1 rings (SSSR count). The van der Waals surface area contributed by atoms with Gasteiger partial charge < -0.3 is 0 Å². The molecule has 0 aromatic carbocycles. The standard InChI is InChI=1S/C6H7BrN4O/c1-4(7)5(12)10-6-8-2-3-9-11-6/h2-4H,1H3,(H,8,10,11,12). The molecule has 1 unspecified atom stereocenters. The Bertz CT molecular complexity index is 264. The molecule has 1 amide bonds. The van der Waals surface area contributed by atoms with Crippen LogP contribution in [0.4, 0.5) is 5.95 Å². The average molecular weight is 231 g/mol. The van der Waals surface area contributed by atoms with Crippen LogP contribution in [0.25, 0.3) is 0 Å². The predicted octanol–water partition coefficient (Wildman–Crippen LogP) is 0.593. The maximum absolute atomic E-state index is 11.0. The van der Waals surface area contributed by atoms with Crippen molar-refractivity contribution < 1.29 is 4.79 Å². The summed E-state index contributed by atoms with van der Waals surface area (Å²) in [6.45, 7) is 1.71. The fourth-order valence-corrected chi connectivity index (χ4v) is 0.629. The summed E-state index contributed by atoms with van der Waals surface area (Å²) >= 11 is 3.11. The number of carbonyl (C=O) groups excluding carboxylic acids is 1. The zero-order valence-electron chi connectivity index (χ0n) is 6.36. The number of rotatable bonds is 2. The average Bonchev–Trinajstić information content (AvgIpc) is 2.06. The molecule has 0 fully saturated rings. The first-order valence-corrected chi connectivity index (χ1v) is 4.20. The van der Waals surface area contributed by atoms with Crippen molar-refractivity contribution in [1.29, 1.82) is 0 Å². The zero-order chi connectivity index (χ0) is 8.97. The lowest BCUT2D eigenvalue weighted by Crippen LogP contribution is -2.21. The fraction of sp³-hybridized carbons (Fsp3) is 0.333. The van der Waals surface area contributed by atoms with Gasteiger partial charge in [-0.2, -0.15) is 5.10 Å². The van der Waals surface area contributed by atoms with Crippen molar-refractivity contribution in [3.63, 3.8) is 0 Å². The number of nitrogens with zero attached hydrogens (tertiary/aromatic N) is 3. The van der Waals surface area contributed by atoms with Crippen LogP contribution >= 0.6 is 15.9 Å². The minimum atomic E-state index is -0.263. The molecule has 0 radical (unpaired) electrons. The lowest BCUT2D eigenvalue weighted by molar-refractivity contribution is -0.115. The van der Waals surface area contributed by atoms with Crippen LogP contribution in [0, 0.1) is 0 Å². The molecule has 1 N–H and O–H groups in total. The molecule has 0 bridgehead atoms. The molecule has 0 spiro atoms. The Hall–Kier alpha value is -1.04. The number of hydrogen-bond acceptors (Lipinski definition) is 4. The first-order chi connectivity index (χ1) is 5.70. The lowest BCUT2D eigenvalue weighted by atomic mass is 10.4. The van der Waals surface area contributed by atoms with Gasteiger partial charge in [-0.05, 0) is 6.92 Å². The molecule has 6 heteroatoms. The van der Waals surface area contributed by atoms with Crippen LogP contribution in [0.15, 0.2) is 12.4 Å². The van der Waals surface area contributed by atoms with Gasteiger partial charge in [0.05, 0.1) is 17.2 Å². The van der Waals surface area contributed by atoms with Crippen LogP contribution in [0.3, 0.4) is 0 Å². The number of anilines is 1. The summed E-state index contributed by atoms with van der Waals surface area (Å²) in [6, 6.07) is 0. The van der Waals surface area contributed by atoms with Crippen molar-refractivity contribution in [2.45, 2.75) is 11.8 Å². The van der Waals surface area contributed by atoms with Crippen LogP contribution in [0.2, 0.25) is 0 Å². The molecule has 64 valence electrons. The number of carbonyl (C=O) groups is 1. The molecule has 1 aromatic rings. The SMILES string of the molecule is CC(Br)C(=O)Nc1nccnn1. The van der Waals surface area contributed by atoms with Gasteiger partial charge >= 0.3 is 0 Å². The fourth-order valence-electron chi connectivity index (χ4n) is 0.515. The van der Waals surface area contributed by atoms with Crippen molar-refractivity contribution in [3.8, 4) is 0 Å². The summed E-state index contributed by atoms with van der Waals surface area (Å²) in [7, 11) is 0. The van der Waals surface area contributed by atoms with Crippen LogP contribution < -0.4 is 5.32 Å². The number of amides is 1. The van der Waals surface area contributed by atoms with Crippen LogP contribution in [-0.2, 0) is 4.79 Å². The third-order valence-electron chi connectivity index (χ3n) is 1.08. The highest BCUT2D eigenvalue weighted by Gasteiger charge is 2.09. The van der Waals surface area contributed by atoms with E-state index in [0.717, 1.165) is 0 Å². The molecule has 0 saturated heterocycles. The summed E-state index contributed by atoms with van der Waals surface area (Å²) in [5, 5.41) is 9.61. The van der Waals surface area contributed by atoms with Gasteiger partial charge in [0, 0.05) is 0 Å². The third kappa shape index (κ3) is 2.54. The summed E-state index contributed by atoms with van der Waals surface area (Å²) in [5.74, 6) is 0.0248. The highest BCUT2D eigenvalue weighted by atomic mass is 79.9. The van der Waals surface area contributed by atoms with Crippen molar-refractivity contribution in [2.24, 2.45) is 0 Å².